The molecule has 0 aliphatic heterocycles. The van der Waals surface area contributed by atoms with E-state index in [9.17, 15) is 0 Å². The molecule has 0 N–H and O–H groups in total. The molecule has 0 spiro atoms. The van der Waals surface area contributed by atoms with E-state index in [2.05, 4.69) is 166 Å². The van der Waals surface area contributed by atoms with Gasteiger partial charge in [0.25, 0.3) is 0 Å². The third kappa shape index (κ3) is 6.96. The molecule has 0 aliphatic rings. The molecule has 44 heavy (non-hydrogen) atoms. The average Bonchev–Trinajstić information content (AvgIpc) is 3.04. The van der Waals surface area contributed by atoms with Gasteiger partial charge in [-0.3, -0.25) is 0 Å². The first-order valence-electron chi connectivity index (χ1n) is 15.5. The lowest BCUT2D eigenvalue weighted by Crippen LogP contribution is -2.63. The quantitative estimate of drug-likeness (QED) is 0.0878. The molecule has 218 valence electrons. The molecular formula is C42H39ClSi. The van der Waals surface area contributed by atoms with E-state index in [-0.39, 0.29) is 0 Å². The van der Waals surface area contributed by atoms with Gasteiger partial charge in [-0.2, -0.15) is 0 Å². The summed E-state index contributed by atoms with van der Waals surface area (Å²) in [6.45, 7) is 6.41. The van der Waals surface area contributed by atoms with Crippen molar-refractivity contribution in [3.63, 3.8) is 0 Å². The highest BCUT2D eigenvalue weighted by molar-refractivity contribution is 7.40. The van der Waals surface area contributed by atoms with Gasteiger partial charge in [0, 0.05) is 0 Å². The molecule has 0 bridgehead atoms. The molecule has 0 nitrogen and oxygen atoms in total. The second-order valence-corrected chi connectivity index (χ2v) is 17.0. The minimum Gasteiger partial charge on any atom is -0.149 e. The number of aryl methyl sites for hydroxylation is 3. The maximum atomic E-state index is 8.14. The number of benzene rings is 6. The molecule has 0 amide bonds. The molecule has 0 aromatic heterocycles. The van der Waals surface area contributed by atoms with E-state index in [0.717, 1.165) is 19.3 Å². The summed E-state index contributed by atoms with van der Waals surface area (Å²) < 4.78 is 0. The van der Waals surface area contributed by atoms with E-state index < -0.39 is 7.38 Å². The summed E-state index contributed by atoms with van der Waals surface area (Å²) in [5, 5.41) is 3.68. The first-order chi connectivity index (χ1) is 21.3. The van der Waals surface area contributed by atoms with Crippen LogP contribution in [0, 0.1) is 20.8 Å². The van der Waals surface area contributed by atoms with Gasteiger partial charge in [0.1, 0.15) is 0 Å². The molecule has 0 saturated heterocycles. The lowest BCUT2D eigenvalue weighted by molar-refractivity contribution is 1.19. The molecule has 0 fully saturated rings. The van der Waals surface area contributed by atoms with Gasteiger partial charge in [0.15, 0.2) is 0 Å². The van der Waals surface area contributed by atoms with E-state index in [1.54, 1.807) is 0 Å². The van der Waals surface area contributed by atoms with Crippen molar-refractivity contribution in [3.8, 4) is 0 Å². The molecule has 6 aromatic carbocycles. The third-order valence-corrected chi connectivity index (χ3v) is 13.8. The zero-order chi connectivity index (χ0) is 30.5. The van der Waals surface area contributed by atoms with Gasteiger partial charge in [-0.25, -0.2) is 0 Å². The zero-order valence-corrected chi connectivity index (χ0v) is 27.6. The monoisotopic (exact) mass is 606 g/mol. The van der Waals surface area contributed by atoms with Gasteiger partial charge in [-0.1, -0.05) is 162 Å². The number of hydrogen-bond donors (Lipinski definition) is 0. The highest BCUT2D eigenvalue weighted by Crippen LogP contribution is 2.19. The molecule has 0 atom stereocenters. The number of hydrogen-bond acceptors (Lipinski definition) is 0. The zero-order valence-electron chi connectivity index (χ0n) is 25.9. The van der Waals surface area contributed by atoms with E-state index in [1.165, 1.54) is 65.6 Å². The fourth-order valence-corrected chi connectivity index (χ4v) is 10.2. The van der Waals surface area contributed by atoms with Crippen molar-refractivity contribution in [2.45, 2.75) is 40.0 Å². The smallest absolute Gasteiger partial charge is 0.149 e. The molecule has 0 saturated carbocycles. The Morgan fingerprint density at radius 1 is 0.364 bits per heavy atom. The van der Waals surface area contributed by atoms with Crippen molar-refractivity contribution in [2.75, 3.05) is 0 Å². The summed E-state index contributed by atoms with van der Waals surface area (Å²) in [7, 11) is -2.88. The normalized spacial score (nSPS) is 11.5. The van der Waals surface area contributed by atoms with Gasteiger partial charge in [-0.05, 0) is 89.0 Å². The van der Waals surface area contributed by atoms with Gasteiger partial charge in [0.2, 0.25) is 7.38 Å². The average molecular weight is 607 g/mol. The van der Waals surface area contributed by atoms with Crippen LogP contribution in [0.25, 0.3) is 0 Å². The van der Waals surface area contributed by atoms with Crippen LogP contribution in [0.2, 0.25) is 0 Å². The fourth-order valence-electron chi connectivity index (χ4n) is 6.01. The predicted molar refractivity (Wildman–Crippen MR) is 192 cm³/mol. The van der Waals surface area contributed by atoms with Crippen molar-refractivity contribution in [3.05, 3.63) is 196 Å². The first kappa shape index (κ1) is 29.9. The summed E-state index contributed by atoms with van der Waals surface area (Å²) in [6.07, 6.45) is 2.66. The van der Waals surface area contributed by atoms with Crippen LogP contribution in [0.4, 0.5) is 0 Å². The van der Waals surface area contributed by atoms with Gasteiger partial charge >= 0.3 is 0 Å². The van der Waals surface area contributed by atoms with Crippen LogP contribution >= 0.6 is 11.1 Å². The minimum absolute atomic E-state index is 0.885. The van der Waals surface area contributed by atoms with Crippen molar-refractivity contribution in [2.24, 2.45) is 0 Å². The van der Waals surface area contributed by atoms with E-state index in [0.29, 0.717) is 0 Å². The van der Waals surface area contributed by atoms with Crippen molar-refractivity contribution in [1.29, 1.82) is 0 Å². The Morgan fingerprint density at radius 3 is 0.909 bits per heavy atom. The molecular weight excluding hydrogens is 568 g/mol. The Hall–Kier alpha value is -4.17. The predicted octanol–water partition coefficient (Wildman–Crippen LogP) is 8.59. The maximum Gasteiger partial charge on any atom is 0.247 e. The van der Waals surface area contributed by atoms with Crippen LogP contribution in [-0.4, -0.2) is 7.38 Å². The van der Waals surface area contributed by atoms with Crippen LogP contribution in [0.1, 0.15) is 50.1 Å². The van der Waals surface area contributed by atoms with Gasteiger partial charge in [-0.15, -0.1) is 11.1 Å². The standard InChI is InChI=1S/C42H39ClSi/c1-31-13-19-34(20-14-31)25-37-7-4-10-40(28-37)44(43,41-11-5-8-38(29-41)26-35-21-15-32(2)16-22-35)42-12-6-9-39(30-42)27-36-23-17-33(3)18-24-36/h4-24,28-30H,25-27H2,1-3H3. The fraction of sp³-hybridized carbons (Fsp3) is 0.143. The first-order valence-corrected chi connectivity index (χ1v) is 18.5. The molecule has 0 unspecified atom stereocenters. The van der Waals surface area contributed by atoms with Crippen molar-refractivity contribution >= 4 is 34.0 Å². The van der Waals surface area contributed by atoms with Crippen LogP contribution in [0.15, 0.2) is 146 Å². The Bertz CT molecular complexity index is 1630. The summed E-state index contributed by atoms with van der Waals surface area (Å²) in [6, 6.07) is 53.6. The molecule has 0 aliphatic carbocycles. The molecule has 6 aromatic rings. The Balaban J connectivity index is 1.42. The number of halogens is 1. The molecule has 0 heterocycles. The SMILES string of the molecule is Cc1ccc(Cc2cccc([Si](Cl)(c3cccc(Cc4ccc(C)cc4)c3)c3cccc(Cc4ccc(C)cc4)c3)c2)cc1. The lowest BCUT2D eigenvalue weighted by atomic mass is 10.0. The molecule has 6 rings (SSSR count). The number of rotatable bonds is 9. The Morgan fingerprint density at radius 2 is 0.636 bits per heavy atom. The Kier molecular flexibility index (Phi) is 8.98. The van der Waals surface area contributed by atoms with Crippen molar-refractivity contribution in [1.82, 2.24) is 0 Å². The molecule has 0 radical (unpaired) electrons. The largest absolute Gasteiger partial charge is 0.247 e. The van der Waals surface area contributed by atoms with Gasteiger partial charge in [0.05, 0.1) is 0 Å². The van der Waals surface area contributed by atoms with Crippen LogP contribution in [0.5, 0.6) is 0 Å². The van der Waals surface area contributed by atoms with Crippen LogP contribution in [-0.2, 0) is 19.3 Å². The van der Waals surface area contributed by atoms with E-state index in [1.807, 2.05) is 0 Å². The van der Waals surface area contributed by atoms with E-state index >= 15 is 0 Å². The summed E-state index contributed by atoms with van der Waals surface area (Å²) >= 11 is 8.14. The third-order valence-electron chi connectivity index (χ3n) is 8.56. The maximum absolute atomic E-state index is 8.14. The highest BCUT2D eigenvalue weighted by atomic mass is 35.6. The second-order valence-electron chi connectivity index (χ2n) is 12.2. The molecule has 2 heteroatoms. The summed E-state index contributed by atoms with van der Waals surface area (Å²) in [4.78, 5) is 0. The van der Waals surface area contributed by atoms with Crippen LogP contribution in [0.3, 0.4) is 0 Å². The minimum atomic E-state index is -2.88. The second kappa shape index (κ2) is 13.2. The van der Waals surface area contributed by atoms with Crippen molar-refractivity contribution < 1.29 is 0 Å². The Labute approximate surface area is 268 Å². The summed E-state index contributed by atoms with van der Waals surface area (Å²) in [5.74, 6) is 0. The van der Waals surface area contributed by atoms with E-state index in [4.69, 9.17) is 11.1 Å². The van der Waals surface area contributed by atoms with Crippen LogP contribution < -0.4 is 15.6 Å². The summed E-state index contributed by atoms with van der Waals surface area (Å²) in [5.41, 5.74) is 11.7. The topological polar surface area (TPSA) is 0 Å². The van der Waals surface area contributed by atoms with Gasteiger partial charge < -0.3 is 0 Å². The highest BCUT2D eigenvalue weighted by Gasteiger charge is 2.38. The lowest BCUT2D eigenvalue weighted by Gasteiger charge is -2.28.